The van der Waals surface area contributed by atoms with Crippen LogP contribution in [-0.4, -0.2) is 0 Å². The number of nitrogen functional groups attached to an aromatic ring is 1. The molecule has 1 fully saturated rings. The monoisotopic (exact) mass is 203 g/mol. The van der Waals surface area contributed by atoms with Gasteiger partial charge in [0.05, 0.1) is 0 Å². The summed E-state index contributed by atoms with van der Waals surface area (Å²) < 4.78 is 0. The van der Waals surface area contributed by atoms with Gasteiger partial charge in [0.2, 0.25) is 0 Å². The van der Waals surface area contributed by atoms with Gasteiger partial charge in [0.15, 0.2) is 0 Å². The van der Waals surface area contributed by atoms with Crippen LogP contribution in [0.1, 0.15) is 44.6 Å². The molecule has 0 unspecified atom stereocenters. The van der Waals surface area contributed by atoms with Crippen molar-refractivity contribution in [3.63, 3.8) is 0 Å². The fourth-order valence-electron chi connectivity index (χ4n) is 2.74. The lowest BCUT2D eigenvalue weighted by atomic mass is 9.72. The molecular formula is C14H21N. The Morgan fingerprint density at radius 2 is 1.73 bits per heavy atom. The van der Waals surface area contributed by atoms with Crippen LogP contribution < -0.4 is 5.73 Å². The molecule has 82 valence electrons. The first kappa shape index (κ1) is 10.5. The number of rotatable bonds is 1. The van der Waals surface area contributed by atoms with E-state index in [1.807, 2.05) is 12.1 Å². The van der Waals surface area contributed by atoms with E-state index in [0.717, 1.165) is 23.4 Å². The van der Waals surface area contributed by atoms with Gasteiger partial charge in [-0.2, -0.15) is 0 Å². The average Bonchev–Trinajstić information content (AvgIpc) is 2.23. The van der Waals surface area contributed by atoms with Gasteiger partial charge in [-0.25, -0.2) is 0 Å². The SMILES string of the molecule is C[C@@H]1CC[C@H](C)[C@H](c2ccc(N)cc2)C1. The van der Waals surface area contributed by atoms with Crippen LogP contribution in [0, 0.1) is 11.8 Å². The minimum Gasteiger partial charge on any atom is -0.399 e. The minimum atomic E-state index is 0.745. The highest BCUT2D eigenvalue weighted by molar-refractivity contribution is 5.40. The summed E-state index contributed by atoms with van der Waals surface area (Å²) in [6.07, 6.45) is 4.11. The smallest absolute Gasteiger partial charge is 0.0314 e. The van der Waals surface area contributed by atoms with Crippen molar-refractivity contribution in [2.24, 2.45) is 11.8 Å². The molecule has 1 saturated carbocycles. The molecule has 1 heteroatoms. The van der Waals surface area contributed by atoms with E-state index in [9.17, 15) is 0 Å². The van der Waals surface area contributed by atoms with Gasteiger partial charge in [0, 0.05) is 5.69 Å². The summed E-state index contributed by atoms with van der Waals surface area (Å²) in [6, 6.07) is 8.46. The molecule has 1 aliphatic carbocycles. The number of hydrogen-bond acceptors (Lipinski definition) is 1. The van der Waals surface area contributed by atoms with E-state index in [1.165, 1.54) is 24.8 Å². The standard InChI is InChI=1S/C14H21N/c1-10-3-4-11(2)14(9-10)12-5-7-13(15)8-6-12/h5-8,10-11,14H,3-4,9,15H2,1-2H3/t10-,11+,14-/m1/s1. The van der Waals surface area contributed by atoms with Gasteiger partial charge >= 0.3 is 0 Å². The van der Waals surface area contributed by atoms with E-state index in [2.05, 4.69) is 26.0 Å². The molecular weight excluding hydrogens is 182 g/mol. The molecule has 0 saturated heterocycles. The predicted molar refractivity (Wildman–Crippen MR) is 65.8 cm³/mol. The Bertz CT molecular complexity index is 315. The number of anilines is 1. The number of nitrogens with two attached hydrogens (primary N) is 1. The van der Waals surface area contributed by atoms with E-state index in [0.29, 0.717) is 0 Å². The normalized spacial score (nSPS) is 31.5. The predicted octanol–water partition coefficient (Wildman–Crippen LogP) is 3.81. The van der Waals surface area contributed by atoms with Crippen LogP contribution in [0.4, 0.5) is 5.69 Å². The zero-order valence-corrected chi connectivity index (χ0v) is 9.74. The van der Waals surface area contributed by atoms with Gasteiger partial charge in [0.1, 0.15) is 0 Å². The van der Waals surface area contributed by atoms with E-state index in [1.54, 1.807) is 0 Å². The molecule has 3 atom stereocenters. The van der Waals surface area contributed by atoms with Crippen LogP contribution >= 0.6 is 0 Å². The first-order chi connectivity index (χ1) is 7.16. The zero-order chi connectivity index (χ0) is 10.8. The quantitative estimate of drug-likeness (QED) is 0.690. The van der Waals surface area contributed by atoms with Gasteiger partial charge in [-0.15, -0.1) is 0 Å². The second-order valence-electron chi connectivity index (χ2n) is 5.17. The van der Waals surface area contributed by atoms with Crippen molar-refractivity contribution in [1.29, 1.82) is 0 Å². The summed E-state index contributed by atoms with van der Waals surface area (Å²) in [4.78, 5) is 0. The average molecular weight is 203 g/mol. The topological polar surface area (TPSA) is 26.0 Å². The summed E-state index contributed by atoms with van der Waals surface area (Å²) in [5.41, 5.74) is 8.06. The van der Waals surface area contributed by atoms with E-state index < -0.39 is 0 Å². The second kappa shape index (κ2) is 4.26. The molecule has 0 aromatic heterocycles. The lowest BCUT2D eigenvalue weighted by Crippen LogP contribution is -2.19. The Hall–Kier alpha value is -0.980. The third-order valence-electron chi connectivity index (χ3n) is 3.82. The fourth-order valence-corrected chi connectivity index (χ4v) is 2.74. The van der Waals surface area contributed by atoms with Crippen molar-refractivity contribution in [1.82, 2.24) is 0 Å². The van der Waals surface area contributed by atoms with E-state index >= 15 is 0 Å². The second-order valence-corrected chi connectivity index (χ2v) is 5.17. The Morgan fingerprint density at radius 1 is 1.07 bits per heavy atom. The molecule has 0 heterocycles. The van der Waals surface area contributed by atoms with Crippen molar-refractivity contribution in [2.45, 2.75) is 39.0 Å². The van der Waals surface area contributed by atoms with Gasteiger partial charge < -0.3 is 5.73 Å². The molecule has 0 bridgehead atoms. The van der Waals surface area contributed by atoms with Crippen molar-refractivity contribution < 1.29 is 0 Å². The maximum absolute atomic E-state index is 5.72. The number of hydrogen-bond donors (Lipinski definition) is 1. The van der Waals surface area contributed by atoms with Crippen molar-refractivity contribution in [3.05, 3.63) is 29.8 Å². The van der Waals surface area contributed by atoms with Crippen molar-refractivity contribution >= 4 is 5.69 Å². The van der Waals surface area contributed by atoms with Crippen LogP contribution in [0.3, 0.4) is 0 Å². The van der Waals surface area contributed by atoms with Gasteiger partial charge in [-0.1, -0.05) is 32.4 Å². The highest BCUT2D eigenvalue weighted by Gasteiger charge is 2.26. The summed E-state index contributed by atoms with van der Waals surface area (Å²) in [5, 5.41) is 0. The summed E-state index contributed by atoms with van der Waals surface area (Å²) in [5.74, 6) is 2.45. The Balaban J connectivity index is 2.17. The summed E-state index contributed by atoms with van der Waals surface area (Å²) >= 11 is 0. The third-order valence-corrected chi connectivity index (χ3v) is 3.82. The molecule has 1 aromatic carbocycles. The van der Waals surface area contributed by atoms with E-state index in [4.69, 9.17) is 5.73 Å². The van der Waals surface area contributed by atoms with Crippen LogP contribution in [-0.2, 0) is 0 Å². The Kier molecular flexibility index (Phi) is 2.99. The summed E-state index contributed by atoms with van der Waals surface area (Å²) in [6.45, 7) is 4.75. The molecule has 15 heavy (non-hydrogen) atoms. The van der Waals surface area contributed by atoms with Gasteiger partial charge in [-0.3, -0.25) is 0 Å². The van der Waals surface area contributed by atoms with Crippen LogP contribution in [0.15, 0.2) is 24.3 Å². The largest absolute Gasteiger partial charge is 0.399 e. The summed E-state index contributed by atoms with van der Waals surface area (Å²) in [7, 11) is 0. The molecule has 1 aliphatic rings. The lowest BCUT2D eigenvalue weighted by molar-refractivity contribution is 0.264. The maximum atomic E-state index is 5.72. The third kappa shape index (κ3) is 2.34. The fraction of sp³-hybridized carbons (Fsp3) is 0.571. The Morgan fingerprint density at radius 3 is 2.40 bits per heavy atom. The number of benzene rings is 1. The van der Waals surface area contributed by atoms with Crippen LogP contribution in [0.5, 0.6) is 0 Å². The van der Waals surface area contributed by atoms with Crippen molar-refractivity contribution in [3.8, 4) is 0 Å². The molecule has 1 nitrogen and oxygen atoms in total. The molecule has 0 amide bonds. The molecule has 0 spiro atoms. The molecule has 0 aliphatic heterocycles. The molecule has 1 aromatic rings. The minimum absolute atomic E-state index is 0.745. The van der Waals surface area contributed by atoms with Gasteiger partial charge in [-0.05, 0) is 48.3 Å². The highest BCUT2D eigenvalue weighted by atomic mass is 14.5. The van der Waals surface area contributed by atoms with Crippen LogP contribution in [0.2, 0.25) is 0 Å². The van der Waals surface area contributed by atoms with Crippen LogP contribution in [0.25, 0.3) is 0 Å². The first-order valence-corrected chi connectivity index (χ1v) is 6.02. The highest BCUT2D eigenvalue weighted by Crippen LogP contribution is 2.40. The Labute approximate surface area is 92.7 Å². The van der Waals surface area contributed by atoms with Gasteiger partial charge in [0.25, 0.3) is 0 Å². The zero-order valence-electron chi connectivity index (χ0n) is 9.74. The molecule has 2 rings (SSSR count). The molecule has 0 radical (unpaired) electrons. The first-order valence-electron chi connectivity index (χ1n) is 6.02. The van der Waals surface area contributed by atoms with Crippen molar-refractivity contribution in [2.75, 3.05) is 5.73 Å². The molecule has 2 N–H and O–H groups in total. The maximum Gasteiger partial charge on any atom is 0.0314 e. The van der Waals surface area contributed by atoms with E-state index in [-0.39, 0.29) is 0 Å². The lowest BCUT2D eigenvalue weighted by Gasteiger charge is -2.33.